The molecule has 1 spiro atoms. The van der Waals surface area contributed by atoms with Gasteiger partial charge in [0.05, 0.1) is 11.7 Å². The highest BCUT2D eigenvalue weighted by molar-refractivity contribution is 6.09. The highest BCUT2D eigenvalue weighted by atomic mass is 16.2. The van der Waals surface area contributed by atoms with Crippen molar-refractivity contribution in [2.24, 2.45) is 0 Å². The standard InChI is InChI=1S/C23H28N6O3/c1-26-22(32)29(21(31)23(26)10-3-2-4-11-23)15-20(30)28-13-6-8-18(28)17-7-5-9-19(25-17)27-14-12-24-16-27/h5,7,9,12,14,16,18H,2-4,6,8,10-11,13,15H2,1H3/t18-/m0/s1. The van der Waals surface area contributed by atoms with Gasteiger partial charge in [0.1, 0.15) is 24.2 Å². The van der Waals surface area contributed by atoms with Crippen LogP contribution < -0.4 is 0 Å². The van der Waals surface area contributed by atoms with E-state index < -0.39 is 5.54 Å². The van der Waals surface area contributed by atoms with Crippen molar-refractivity contribution in [2.45, 2.75) is 56.5 Å². The summed E-state index contributed by atoms with van der Waals surface area (Å²) in [6, 6.07) is 5.22. The second-order valence-corrected chi connectivity index (χ2v) is 8.96. The van der Waals surface area contributed by atoms with E-state index in [1.54, 1.807) is 29.4 Å². The van der Waals surface area contributed by atoms with E-state index in [9.17, 15) is 14.4 Å². The molecule has 4 heterocycles. The van der Waals surface area contributed by atoms with E-state index in [0.29, 0.717) is 19.4 Å². The van der Waals surface area contributed by atoms with Gasteiger partial charge in [0.25, 0.3) is 5.91 Å². The molecule has 9 heteroatoms. The van der Waals surface area contributed by atoms with E-state index in [1.165, 1.54) is 4.90 Å². The summed E-state index contributed by atoms with van der Waals surface area (Å²) in [6.07, 6.45) is 11.2. The topological polar surface area (TPSA) is 91.6 Å². The molecule has 5 rings (SSSR count). The number of pyridine rings is 1. The number of urea groups is 1. The van der Waals surface area contributed by atoms with E-state index in [1.807, 2.05) is 29.0 Å². The van der Waals surface area contributed by atoms with Crippen molar-refractivity contribution >= 4 is 17.8 Å². The molecule has 0 unspecified atom stereocenters. The first kappa shape index (κ1) is 20.7. The molecule has 0 N–H and O–H groups in total. The first-order chi connectivity index (χ1) is 15.5. The maximum atomic E-state index is 13.3. The van der Waals surface area contributed by atoms with Gasteiger partial charge in [-0.05, 0) is 37.8 Å². The molecule has 0 aromatic carbocycles. The lowest BCUT2D eigenvalue weighted by molar-refractivity contribution is -0.141. The van der Waals surface area contributed by atoms with Crippen LogP contribution in [0.4, 0.5) is 4.79 Å². The third kappa shape index (κ3) is 3.27. The lowest BCUT2D eigenvalue weighted by Crippen LogP contribution is -2.49. The second-order valence-electron chi connectivity index (χ2n) is 8.96. The number of hydrogen-bond donors (Lipinski definition) is 0. The first-order valence-electron chi connectivity index (χ1n) is 11.4. The van der Waals surface area contributed by atoms with Gasteiger partial charge in [0.15, 0.2) is 0 Å². The van der Waals surface area contributed by atoms with Crippen LogP contribution in [0.1, 0.15) is 56.7 Å². The zero-order valence-corrected chi connectivity index (χ0v) is 18.3. The maximum absolute atomic E-state index is 13.3. The molecule has 3 fully saturated rings. The van der Waals surface area contributed by atoms with Crippen molar-refractivity contribution in [1.82, 2.24) is 29.2 Å². The minimum atomic E-state index is -0.763. The molecule has 2 aromatic heterocycles. The molecule has 32 heavy (non-hydrogen) atoms. The summed E-state index contributed by atoms with van der Waals surface area (Å²) in [7, 11) is 1.69. The average molecular weight is 437 g/mol. The van der Waals surface area contributed by atoms with Crippen molar-refractivity contribution < 1.29 is 14.4 Å². The summed E-state index contributed by atoms with van der Waals surface area (Å²) in [5.41, 5.74) is 0.0442. The molecule has 2 saturated heterocycles. The highest BCUT2D eigenvalue weighted by Gasteiger charge is 2.56. The Morgan fingerprint density at radius 2 is 1.97 bits per heavy atom. The number of rotatable bonds is 4. The largest absolute Gasteiger partial charge is 0.333 e. The molecule has 2 aliphatic heterocycles. The van der Waals surface area contributed by atoms with Gasteiger partial charge in [0, 0.05) is 26.0 Å². The third-order valence-electron chi connectivity index (χ3n) is 7.22. The summed E-state index contributed by atoms with van der Waals surface area (Å²) >= 11 is 0. The number of imide groups is 1. The Balaban J connectivity index is 1.34. The number of carbonyl (C=O) groups excluding carboxylic acids is 3. The molecule has 9 nitrogen and oxygen atoms in total. The molecule has 1 atom stereocenters. The molecule has 1 saturated carbocycles. The Kier molecular flexibility index (Phi) is 5.19. The van der Waals surface area contributed by atoms with Crippen LogP contribution in [0.25, 0.3) is 5.82 Å². The van der Waals surface area contributed by atoms with Crippen LogP contribution in [0.5, 0.6) is 0 Å². The number of nitrogens with zero attached hydrogens (tertiary/aromatic N) is 6. The van der Waals surface area contributed by atoms with Gasteiger partial charge in [-0.15, -0.1) is 0 Å². The van der Waals surface area contributed by atoms with Crippen LogP contribution in [0, 0.1) is 0 Å². The van der Waals surface area contributed by atoms with E-state index in [4.69, 9.17) is 4.98 Å². The number of imidazole rings is 1. The monoisotopic (exact) mass is 436 g/mol. The number of likely N-dealkylation sites (N-methyl/N-ethyl adjacent to an activating group) is 1. The highest BCUT2D eigenvalue weighted by Crippen LogP contribution is 2.40. The third-order valence-corrected chi connectivity index (χ3v) is 7.22. The van der Waals surface area contributed by atoms with Crippen molar-refractivity contribution in [3.05, 3.63) is 42.6 Å². The normalized spacial score (nSPS) is 22.9. The predicted octanol–water partition coefficient (Wildman–Crippen LogP) is 2.53. The molecule has 0 radical (unpaired) electrons. The van der Waals surface area contributed by atoms with Crippen LogP contribution in [-0.2, 0) is 9.59 Å². The van der Waals surface area contributed by atoms with Gasteiger partial charge in [-0.25, -0.2) is 14.8 Å². The van der Waals surface area contributed by atoms with Crippen LogP contribution >= 0.6 is 0 Å². The molecule has 4 amide bonds. The summed E-state index contributed by atoms with van der Waals surface area (Å²) in [4.78, 5) is 52.8. The van der Waals surface area contributed by atoms with Gasteiger partial charge in [0.2, 0.25) is 5.91 Å². The van der Waals surface area contributed by atoms with Gasteiger partial charge in [-0.2, -0.15) is 0 Å². The maximum Gasteiger partial charge on any atom is 0.327 e. The van der Waals surface area contributed by atoms with Gasteiger partial charge in [-0.3, -0.25) is 19.1 Å². The van der Waals surface area contributed by atoms with Crippen molar-refractivity contribution in [1.29, 1.82) is 0 Å². The molecule has 0 bridgehead atoms. The Morgan fingerprint density at radius 1 is 1.16 bits per heavy atom. The van der Waals surface area contributed by atoms with Gasteiger partial charge in [-0.1, -0.05) is 25.3 Å². The fourth-order valence-corrected chi connectivity index (χ4v) is 5.43. The van der Waals surface area contributed by atoms with Gasteiger partial charge < -0.3 is 9.80 Å². The van der Waals surface area contributed by atoms with E-state index in [0.717, 1.165) is 43.6 Å². The minimum Gasteiger partial charge on any atom is -0.333 e. The van der Waals surface area contributed by atoms with Crippen LogP contribution in [0.15, 0.2) is 36.9 Å². The number of aromatic nitrogens is 3. The van der Waals surface area contributed by atoms with Crippen molar-refractivity contribution in [3.8, 4) is 5.82 Å². The van der Waals surface area contributed by atoms with Crippen LogP contribution in [0.2, 0.25) is 0 Å². The zero-order chi connectivity index (χ0) is 22.3. The first-order valence-corrected chi connectivity index (χ1v) is 11.4. The second kappa shape index (κ2) is 8.03. The zero-order valence-electron chi connectivity index (χ0n) is 18.3. The number of carbonyl (C=O) groups is 3. The molecule has 2 aromatic rings. The molecule has 3 aliphatic rings. The molecule has 1 aliphatic carbocycles. The average Bonchev–Trinajstić information content (AvgIpc) is 3.56. The molecular formula is C23H28N6O3. The van der Waals surface area contributed by atoms with E-state index in [2.05, 4.69) is 4.98 Å². The molecule has 168 valence electrons. The lowest BCUT2D eigenvalue weighted by atomic mass is 9.81. The number of hydrogen-bond acceptors (Lipinski definition) is 5. The van der Waals surface area contributed by atoms with Crippen LogP contribution in [0.3, 0.4) is 0 Å². The number of amides is 4. The predicted molar refractivity (Wildman–Crippen MR) is 116 cm³/mol. The summed E-state index contributed by atoms with van der Waals surface area (Å²) < 4.78 is 1.83. The Hall–Kier alpha value is -3.23. The van der Waals surface area contributed by atoms with E-state index >= 15 is 0 Å². The Bertz CT molecular complexity index is 1030. The summed E-state index contributed by atoms with van der Waals surface area (Å²) in [5.74, 6) is 0.324. The quantitative estimate of drug-likeness (QED) is 0.687. The summed E-state index contributed by atoms with van der Waals surface area (Å²) in [6.45, 7) is 0.388. The Morgan fingerprint density at radius 3 is 2.72 bits per heavy atom. The lowest BCUT2D eigenvalue weighted by Gasteiger charge is -2.35. The van der Waals surface area contributed by atoms with Crippen LogP contribution in [-0.4, -0.2) is 72.8 Å². The van der Waals surface area contributed by atoms with Crippen molar-refractivity contribution in [2.75, 3.05) is 20.1 Å². The Labute approximate surface area is 187 Å². The van der Waals surface area contributed by atoms with E-state index in [-0.39, 0.29) is 30.4 Å². The SMILES string of the molecule is CN1C(=O)N(CC(=O)N2CCC[C@H]2c2cccc(-n3ccnc3)n2)C(=O)C12CCCCC2. The van der Waals surface area contributed by atoms with Crippen molar-refractivity contribution in [3.63, 3.8) is 0 Å². The number of likely N-dealkylation sites (tertiary alicyclic amines) is 1. The molecular weight excluding hydrogens is 408 g/mol. The fraction of sp³-hybridized carbons (Fsp3) is 0.522. The summed E-state index contributed by atoms with van der Waals surface area (Å²) in [5, 5.41) is 0. The minimum absolute atomic E-state index is 0.167. The smallest absolute Gasteiger partial charge is 0.327 e. The fourth-order valence-electron chi connectivity index (χ4n) is 5.43. The van der Waals surface area contributed by atoms with Gasteiger partial charge >= 0.3 is 6.03 Å².